The largest absolute Gasteiger partial charge is 0.493 e. The van der Waals surface area contributed by atoms with Crippen LogP contribution in [-0.2, 0) is 6.54 Å². The van der Waals surface area contributed by atoms with E-state index >= 15 is 0 Å². The van der Waals surface area contributed by atoms with Crippen molar-refractivity contribution in [2.45, 2.75) is 13.0 Å². The molecule has 1 N–H and O–H groups in total. The van der Waals surface area contributed by atoms with Crippen LogP contribution >= 0.6 is 0 Å². The Labute approximate surface area is 114 Å². The fraction of sp³-hybridized carbons (Fsp3) is 0.214. The molecule has 2 aromatic rings. The molecule has 0 amide bonds. The van der Waals surface area contributed by atoms with Crippen LogP contribution in [0.15, 0.2) is 46.1 Å². The standard InChI is InChI=1S/C14H13N3O3/c15-10-11-3-1-4-12(9-11)20-8-2-6-17-7-5-13(18)16-14(17)19/h1,3-5,7,9H,2,6,8H2,(H,16,18,19). The zero-order valence-electron chi connectivity index (χ0n) is 10.7. The van der Waals surface area contributed by atoms with Gasteiger partial charge in [0.15, 0.2) is 0 Å². The first-order valence-electron chi connectivity index (χ1n) is 6.12. The van der Waals surface area contributed by atoms with Gasteiger partial charge in [-0.05, 0) is 24.6 Å². The number of rotatable bonds is 5. The lowest BCUT2D eigenvalue weighted by molar-refractivity contribution is 0.300. The molecule has 0 aliphatic carbocycles. The highest BCUT2D eigenvalue weighted by atomic mass is 16.5. The Kier molecular flexibility index (Phi) is 4.35. The third kappa shape index (κ3) is 3.59. The van der Waals surface area contributed by atoms with Crippen molar-refractivity contribution < 1.29 is 4.74 Å². The second-order valence-corrected chi connectivity index (χ2v) is 4.15. The molecular formula is C14H13N3O3. The van der Waals surface area contributed by atoms with Crippen molar-refractivity contribution >= 4 is 0 Å². The minimum atomic E-state index is -0.427. The van der Waals surface area contributed by atoms with E-state index in [-0.39, 0.29) is 0 Å². The first-order chi connectivity index (χ1) is 9.69. The average Bonchev–Trinajstić information content (AvgIpc) is 2.45. The van der Waals surface area contributed by atoms with E-state index in [1.165, 1.54) is 16.8 Å². The number of ether oxygens (including phenoxy) is 1. The molecule has 102 valence electrons. The molecular weight excluding hydrogens is 258 g/mol. The van der Waals surface area contributed by atoms with Crippen LogP contribution in [0.2, 0.25) is 0 Å². The summed E-state index contributed by atoms with van der Waals surface area (Å²) in [6.45, 7) is 0.869. The van der Waals surface area contributed by atoms with E-state index < -0.39 is 11.2 Å². The van der Waals surface area contributed by atoms with Crippen LogP contribution in [0.3, 0.4) is 0 Å². The predicted octanol–water partition coefficient (Wildman–Crippen LogP) is 0.877. The van der Waals surface area contributed by atoms with Gasteiger partial charge in [0.2, 0.25) is 0 Å². The quantitative estimate of drug-likeness (QED) is 0.817. The van der Waals surface area contributed by atoms with E-state index in [4.69, 9.17) is 10.00 Å². The van der Waals surface area contributed by atoms with Crippen LogP contribution in [-0.4, -0.2) is 16.2 Å². The van der Waals surface area contributed by atoms with Crippen molar-refractivity contribution in [1.29, 1.82) is 5.26 Å². The molecule has 0 atom stereocenters. The SMILES string of the molecule is N#Cc1cccc(OCCCn2ccc(=O)[nH]c2=O)c1. The normalized spacial score (nSPS) is 9.95. The number of benzene rings is 1. The van der Waals surface area contributed by atoms with Crippen molar-refractivity contribution in [2.75, 3.05) is 6.61 Å². The smallest absolute Gasteiger partial charge is 0.328 e. The minimum Gasteiger partial charge on any atom is -0.493 e. The molecule has 6 nitrogen and oxygen atoms in total. The number of nitrogens with zero attached hydrogens (tertiary/aromatic N) is 2. The summed E-state index contributed by atoms with van der Waals surface area (Å²) in [5.41, 5.74) is -0.292. The number of H-pyrrole nitrogens is 1. The minimum absolute atomic E-state index is 0.407. The van der Waals surface area contributed by atoms with E-state index in [1.807, 2.05) is 6.07 Å². The Hall–Kier alpha value is -2.81. The van der Waals surface area contributed by atoms with Gasteiger partial charge in [-0.15, -0.1) is 0 Å². The van der Waals surface area contributed by atoms with Crippen LogP contribution in [0.4, 0.5) is 0 Å². The number of aromatic amines is 1. The molecule has 0 saturated heterocycles. The molecule has 1 aromatic heterocycles. The predicted molar refractivity (Wildman–Crippen MR) is 72.6 cm³/mol. The maximum atomic E-state index is 11.4. The van der Waals surface area contributed by atoms with Crippen molar-refractivity contribution in [1.82, 2.24) is 9.55 Å². The van der Waals surface area contributed by atoms with E-state index in [0.717, 1.165) is 0 Å². The van der Waals surface area contributed by atoms with Gasteiger partial charge in [-0.3, -0.25) is 9.78 Å². The first kappa shape index (κ1) is 13.6. The summed E-state index contributed by atoms with van der Waals surface area (Å²) in [5.74, 6) is 0.623. The Morgan fingerprint density at radius 1 is 1.30 bits per heavy atom. The maximum absolute atomic E-state index is 11.4. The van der Waals surface area contributed by atoms with Gasteiger partial charge in [0, 0.05) is 18.8 Å². The summed E-state index contributed by atoms with van der Waals surface area (Å²) in [6, 6.07) is 10.2. The Balaban J connectivity index is 1.86. The van der Waals surface area contributed by atoms with E-state index in [9.17, 15) is 9.59 Å². The molecule has 0 aliphatic rings. The second-order valence-electron chi connectivity index (χ2n) is 4.15. The number of hydrogen-bond donors (Lipinski definition) is 1. The van der Waals surface area contributed by atoms with Gasteiger partial charge in [0.25, 0.3) is 5.56 Å². The van der Waals surface area contributed by atoms with E-state index in [1.54, 1.807) is 24.3 Å². The molecule has 0 radical (unpaired) electrons. The fourth-order valence-electron chi connectivity index (χ4n) is 1.70. The van der Waals surface area contributed by atoms with Gasteiger partial charge in [-0.1, -0.05) is 6.07 Å². The van der Waals surface area contributed by atoms with Crippen LogP contribution in [0, 0.1) is 11.3 Å². The lowest BCUT2D eigenvalue weighted by Crippen LogP contribution is -2.29. The lowest BCUT2D eigenvalue weighted by Gasteiger charge is -2.07. The fourth-order valence-corrected chi connectivity index (χ4v) is 1.70. The van der Waals surface area contributed by atoms with Crippen molar-refractivity contribution in [3.8, 4) is 11.8 Å². The Morgan fingerprint density at radius 3 is 2.90 bits per heavy atom. The molecule has 2 rings (SSSR count). The Bertz CT molecular complexity index is 740. The van der Waals surface area contributed by atoms with E-state index in [2.05, 4.69) is 4.98 Å². The molecule has 0 saturated carbocycles. The summed E-state index contributed by atoms with van der Waals surface area (Å²) < 4.78 is 6.91. The number of nitriles is 1. The van der Waals surface area contributed by atoms with Crippen LogP contribution in [0.1, 0.15) is 12.0 Å². The number of nitrogens with one attached hydrogen (secondary N) is 1. The zero-order valence-corrected chi connectivity index (χ0v) is 10.7. The molecule has 0 bridgehead atoms. The Morgan fingerprint density at radius 2 is 2.15 bits per heavy atom. The van der Waals surface area contributed by atoms with Gasteiger partial charge >= 0.3 is 5.69 Å². The maximum Gasteiger partial charge on any atom is 0.328 e. The monoisotopic (exact) mass is 271 g/mol. The average molecular weight is 271 g/mol. The third-order valence-corrected chi connectivity index (χ3v) is 2.67. The summed E-state index contributed by atoms with van der Waals surface area (Å²) in [5, 5.41) is 8.76. The van der Waals surface area contributed by atoms with Gasteiger partial charge < -0.3 is 9.30 Å². The van der Waals surface area contributed by atoms with Crippen LogP contribution < -0.4 is 16.0 Å². The summed E-state index contributed by atoms with van der Waals surface area (Å²) in [6.07, 6.45) is 2.07. The second kappa shape index (κ2) is 6.38. The van der Waals surface area contributed by atoms with Crippen LogP contribution in [0.5, 0.6) is 5.75 Å². The summed E-state index contributed by atoms with van der Waals surface area (Å²) in [4.78, 5) is 24.5. The van der Waals surface area contributed by atoms with Crippen molar-refractivity contribution in [3.05, 3.63) is 62.9 Å². The zero-order chi connectivity index (χ0) is 14.4. The van der Waals surface area contributed by atoms with Gasteiger partial charge in [-0.25, -0.2) is 4.79 Å². The topological polar surface area (TPSA) is 87.9 Å². The molecule has 0 spiro atoms. The summed E-state index contributed by atoms with van der Waals surface area (Å²) in [7, 11) is 0. The highest BCUT2D eigenvalue weighted by Crippen LogP contribution is 2.12. The van der Waals surface area contributed by atoms with E-state index in [0.29, 0.717) is 30.9 Å². The first-order valence-corrected chi connectivity index (χ1v) is 6.12. The van der Waals surface area contributed by atoms with Gasteiger partial charge in [0.05, 0.1) is 18.2 Å². The van der Waals surface area contributed by atoms with Crippen LogP contribution in [0.25, 0.3) is 0 Å². The lowest BCUT2D eigenvalue weighted by atomic mass is 10.2. The molecule has 1 aromatic carbocycles. The molecule has 0 aliphatic heterocycles. The summed E-state index contributed by atoms with van der Waals surface area (Å²) >= 11 is 0. The molecule has 0 unspecified atom stereocenters. The van der Waals surface area contributed by atoms with Gasteiger partial charge in [-0.2, -0.15) is 5.26 Å². The number of aryl methyl sites for hydroxylation is 1. The van der Waals surface area contributed by atoms with Crippen molar-refractivity contribution in [2.24, 2.45) is 0 Å². The molecule has 6 heteroatoms. The van der Waals surface area contributed by atoms with Gasteiger partial charge in [0.1, 0.15) is 5.75 Å². The van der Waals surface area contributed by atoms with Crippen molar-refractivity contribution in [3.63, 3.8) is 0 Å². The highest BCUT2D eigenvalue weighted by Gasteiger charge is 1.98. The molecule has 0 fully saturated rings. The third-order valence-electron chi connectivity index (χ3n) is 2.67. The number of aromatic nitrogens is 2. The molecule has 20 heavy (non-hydrogen) atoms. The highest BCUT2D eigenvalue weighted by molar-refractivity contribution is 5.36. The number of hydrogen-bond acceptors (Lipinski definition) is 4. The molecule has 1 heterocycles.